The number of hydrogen-bond donors (Lipinski definition) is 2. The largest absolute Gasteiger partial charge is 0.477 e. The highest BCUT2D eigenvalue weighted by Gasteiger charge is 2.42. The Morgan fingerprint density at radius 1 is 1.11 bits per heavy atom. The quantitative estimate of drug-likeness (QED) is 0.703. The Morgan fingerprint density at radius 3 is 2.48 bits per heavy atom. The summed E-state index contributed by atoms with van der Waals surface area (Å²) in [5, 5.41) is 13.2. The SMILES string of the molecule is CC1(C)C[C@@H](Nc2ccccc2)c2ccccc2[C@@H]1n1cncc1C(=O)O. The van der Waals surface area contributed by atoms with Gasteiger partial charge in [-0.3, -0.25) is 0 Å². The highest BCUT2D eigenvalue weighted by Crippen LogP contribution is 2.50. The van der Waals surface area contributed by atoms with E-state index in [1.807, 2.05) is 30.3 Å². The molecule has 0 bridgehead atoms. The molecule has 0 radical (unpaired) electrons. The van der Waals surface area contributed by atoms with Crippen molar-refractivity contribution in [1.82, 2.24) is 9.55 Å². The summed E-state index contributed by atoms with van der Waals surface area (Å²) in [6, 6.07) is 18.6. The van der Waals surface area contributed by atoms with Crippen LogP contribution >= 0.6 is 0 Å². The van der Waals surface area contributed by atoms with Crippen molar-refractivity contribution < 1.29 is 9.90 Å². The number of carboxylic acids is 1. The third-order valence-electron chi connectivity index (χ3n) is 5.41. The van der Waals surface area contributed by atoms with Crippen LogP contribution in [0.25, 0.3) is 0 Å². The van der Waals surface area contributed by atoms with Crippen molar-refractivity contribution in [2.45, 2.75) is 32.4 Å². The van der Waals surface area contributed by atoms with Gasteiger partial charge in [-0.25, -0.2) is 9.78 Å². The summed E-state index contributed by atoms with van der Waals surface area (Å²) in [4.78, 5) is 15.8. The van der Waals surface area contributed by atoms with Crippen LogP contribution in [0.2, 0.25) is 0 Å². The molecule has 5 heteroatoms. The number of aromatic nitrogens is 2. The Morgan fingerprint density at radius 2 is 1.78 bits per heavy atom. The van der Waals surface area contributed by atoms with Gasteiger partial charge in [-0.15, -0.1) is 0 Å². The van der Waals surface area contributed by atoms with Crippen molar-refractivity contribution in [2.75, 3.05) is 5.32 Å². The van der Waals surface area contributed by atoms with Crippen molar-refractivity contribution in [1.29, 1.82) is 0 Å². The molecular weight excluding hydrogens is 338 g/mol. The van der Waals surface area contributed by atoms with E-state index >= 15 is 0 Å². The topological polar surface area (TPSA) is 67.2 Å². The summed E-state index contributed by atoms with van der Waals surface area (Å²) < 4.78 is 1.81. The van der Waals surface area contributed by atoms with E-state index in [0.29, 0.717) is 0 Å². The normalized spacial score (nSPS) is 20.7. The van der Waals surface area contributed by atoms with Crippen molar-refractivity contribution in [3.8, 4) is 0 Å². The van der Waals surface area contributed by atoms with Crippen molar-refractivity contribution in [3.05, 3.63) is 83.9 Å². The summed E-state index contributed by atoms with van der Waals surface area (Å²) in [6.07, 6.45) is 3.94. The maximum absolute atomic E-state index is 11.7. The van der Waals surface area contributed by atoms with Gasteiger partial charge in [0.25, 0.3) is 0 Å². The lowest BCUT2D eigenvalue weighted by molar-refractivity contribution is 0.0676. The summed E-state index contributed by atoms with van der Waals surface area (Å²) in [5.41, 5.74) is 3.49. The van der Waals surface area contributed by atoms with E-state index < -0.39 is 5.97 Å². The van der Waals surface area contributed by atoms with Gasteiger partial charge in [-0.1, -0.05) is 56.3 Å². The van der Waals surface area contributed by atoms with Gasteiger partial charge in [0.2, 0.25) is 0 Å². The molecule has 0 fully saturated rings. The number of para-hydroxylation sites is 1. The second kappa shape index (κ2) is 6.58. The Hall–Kier alpha value is -3.08. The monoisotopic (exact) mass is 361 g/mol. The number of rotatable bonds is 4. The van der Waals surface area contributed by atoms with Crippen LogP contribution in [0, 0.1) is 5.41 Å². The lowest BCUT2D eigenvalue weighted by atomic mass is 9.68. The first kappa shape index (κ1) is 17.3. The van der Waals surface area contributed by atoms with Gasteiger partial charge in [0.15, 0.2) is 0 Å². The molecule has 1 aliphatic rings. The lowest BCUT2D eigenvalue weighted by Crippen LogP contribution is -2.37. The molecular formula is C22H23N3O2. The zero-order valence-electron chi connectivity index (χ0n) is 15.5. The third-order valence-corrected chi connectivity index (χ3v) is 5.41. The van der Waals surface area contributed by atoms with Gasteiger partial charge in [0, 0.05) is 5.69 Å². The van der Waals surface area contributed by atoms with E-state index in [1.54, 1.807) is 10.9 Å². The van der Waals surface area contributed by atoms with Crippen LogP contribution in [-0.2, 0) is 0 Å². The van der Waals surface area contributed by atoms with Crippen LogP contribution in [0.5, 0.6) is 0 Å². The number of nitrogens with zero attached hydrogens (tertiary/aromatic N) is 2. The maximum Gasteiger partial charge on any atom is 0.354 e. The van der Waals surface area contributed by atoms with Crippen molar-refractivity contribution >= 4 is 11.7 Å². The molecule has 5 nitrogen and oxygen atoms in total. The average molecular weight is 361 g/mol. The van der Waals surface area contributed by atoms with Crippen LogP contribution < -0.4 is 5.32 Å². The molecule has 0 amide bonds. The summed E-state index contributed by atoms with van der Waals surface area (Å²) >= 11 is 0. The number of nitrogens with one attached hydrogen (secondary N) is 1. The fraction of sp³-hybridized carbons (Fsp3) is 0.273. The number of aromatic carboxylic acids is 1. The van der Waals surface area contributed by atoms with E-state index in [2.05, 4.69) is 48.4 Å². The van der Waals surface area contributed by atoms with Gasteiger partial charge in [-0.05, 0) is 35.1 Å². The molecule has 0 spiro atoms. The minimum Gasteiger partial charge on any atom is -0.477 e. The van der Waals surface area contributed by atoms with Gasteiger partial charge in [0.1, 0.15) is 5.69 Å². The molecule has 4 rings (SSSR count). The number of fused-ring (bicyclic) bond motifs is 1. The molecule has 2 N–H and O–H groups in total. The maximum atomic E-state index is 11.7. The minimum atomic E-state index is -0.953. The summed E-state index contributed by atoms with van der Waals surface area (Å²) in [7, 11) is 0. The first-order valence-corrected chi connectivity index (χ1v) is 9.13. The molecule has 27 heavy (non-hydrogen) atoms. The molecule has 2 aromatic carbocycles. The van der Waals surface area contributed by atoms with Gasteiger partial charge in [-0.2, -0.15) is 0 Å². The predicted octanol–water partition coefficient (Wildman–Crippen LogP) is 4.75. The molecule has 1 aliphatic carbocycles. The molecule has 0 saturated heterocycles. The van der Waals surface area contributed by atoms with E-state index in [0.717, 1.165) is 17.7 Å². The van der Waals surface area contributed by atoms with E-state index in [4.69, 9.17) is 0 Å². The standard InChI is InChI=1S/C22H23N3O2/c1-22(2)12-18(24-15-8-4-3-5-9-15)16-10-6-7-11-17(16)20(22)25-14-23-13-19(25)21(26)27/h3-11,13-14,18,20,24H,12H2,1-2H3,(H,26,27)/t18-,20+/m1/s1. The highest BCUT2D eigenvalue weighted by molar-refractivity contribution is 5.85. The smallest absolute Gasteiger partial charge is 0.354 e. The van der Waals surface area contributed by atoms with Gasteiger partial charge in [0.05, 0.1) is 24.6 Å². The number of anilines is 1. The molecule has 1 heterocycles. The fourth-order valence-electron chi connectivity index (χ4n) is 4.31. The Bertz CT molecular complexity index is 962. The molecule has 0 unspecified atom stereocenters. The van der Waals surface area contributed by atoms with Gasteiger partial charge >= 0.3 is 5.97 Å². The number of carboxylic acid groups (broad SMARTS) is 1. The number of carbonyl (C=O) groups is 1. The zero-order valence-corrected chi connectivity index (χ0v) is 15.5. The Kier molecular flexibility index (Phi) is 4.22. The molecule has 0 saturated carbocycles. The third kappa shape index (κ3) is 3.10. The second-order valence-corrected chi connectivity index (χ2v) is 7.78. The average Bonchev–Trinajstić information content (AvgIpc) is 3.11. The number of imidazole rings is 1. The minimum absolute atomic E-state index is 0.0869. The van der Waals surface area contributed by atoms with Crippen molar-refractivity contribution in [3.63, 3.8) is 0 Å². The van der Waals surface area contributed by atoms with E-state index in [1.165, 1.54) is 11.8 Å². The summed E-state index contributed by atoms with van der Waals surface area (Å²) in [6.45, 7) is 4.39. The van der Waals surface area contributed by atoms with E-state index in [-0.39, 0.29) is 23.2 Å². The van der Waals surface area contributed by atoms with Crippen LogP contribution in [0.4, 0.5) is 5.69 Å². The van der Waals surface area contributed by atoms with E-state index in [9.17, 15) is 9.90 Å². The molecule has 1 aromatic heterocycles. The molecule has 138 valence electrons. The fourth-order valence-corrected chi connectivity index (χ4v) is 4.31. The molecule has 3 aromatic rings. The lowest BCUT2D eigenvalue weighted by Gasteiger charge is -2.45. The van der Waals surface area contributed by atoms with Crippen LogP contribution in [-0.4, -0.2) is 20.6 Å². The van der Waals surface area contributed by atoms with Crippen LogP contribution in [0.3, 0.4) is 0 Å². The van der Waals surface area contributed by atoms with Gasteiger partial charge < -0.3 is 15.0 Å². The second-order valence-electron chi connectivity index (χ2n) is 7.78. The zero-order chi connectivity index (χ0) is 19.0. The first-order chi connectivity index (χ1) is 13.0. The summed E-state index contributed by atoms with van der Waals surface area (Å²) in [5.74, 6) is -0.953. The Balaban J connectivity index is 1.80. The Labute approximate surface area is 158 Å². The molecule has 0 aliphatic heterocycles. The number of hydrogen-bond acceptors (Lipinski definition) is 3. The van der Waals surface area contributed by atoms with Crippen LogP contribution in [0.1, 0.15) is 54.0 Å². The highest BCUT2D eigenvalue weighted by atomic mass is 16.4. The number of benzene rings is 2. The van der Waals surface area contributed by atoms with Crippen molar-refractivity contribution in [2.24, 2.45) is 5.41 Å². The predicted molar refractivity (Wildman–Crippen MR) is 105 cm³/mol. The molecule has 2 atom stereocenters. The first-order valence-electron chi connectivity index (χ1n) is 9.13. The van der Waals surface area contributed by atoms with Crippen LogP contribution in [0.15, 0.2) is 67.1 Å².